The van der Waals surface area contributed by atoms with Crippen molar-refractivity contribution in [3.05, 3.63) is 59.7 Å². The van der Waals surface area contributed by atoms with Crippen LogP contribution in [0.2, 0.25) is 0 Å². The van der Waals surface area contributed by atoms with Gasteiger partial charge in [0.1, 0.15) is 25.8 Å². The molecule has 10 nitrogen and oxygen atoms in total. The number of amides is 1. The van der Waals surface area contributed by atoms with Crippen molar-refractivity contribution < 1.29 is 32.2 Å². The SMILES string of the molecule is [B]c1c(-c2ccnc3c2ccn3S(=O)(=O)c2ccccc2)sc(C(=O)OC)c1OCCNC(=O)OC(C)(C)C. The highest BCUT2D eigenvalue weighted by molar-refractivity contribution is 7.90. The van der Waals surface area contributed by atoms with Crippen molar-refractivity contribution >= 4 is 57.8 Å². The molecule has 0 aliphatic rings. The number of hydrogen-bond acceptors (Lipinski definition) is 9. The molecule has 3 heterocycles. The number of methoxy groups -OCH3 is 1. The van der Waals surface area contributed by atoms with E-state index in [-0.39, 0.29) is 39.8 Å². The maximum atomic E-state index is 13.3. The molecule has 3 aromatic heterocycles. The molecule has 0 atom stereocenters. The average molecular weight is 567 g/mol. The number of esters is 1. The zero-order valence-corrected chi connectivity index (χ0v) is 23.4. The highest BCUT2D eigenvalue weighted by Gasteiger charge is 2.26. The predicted octanol–water partition coefficient (Wildman–Crippen LogP) is 3.49. The third-order valence-corrected chi connectivity index (χ3v) is 8.27. The highest BCUT2D eigenvalue weighted by Crippen LogP contribution is 2.37. The van der Waals surface area contributed by atoms with Crippen molar-refractivity contribution in [3.63, 3.8) is 0 Å². The van der Waals surface area contributed by atoms with Gasteiger partial charge in [-0.1, -0.05) is 18.2 Å². The predicted molar refractivity (Wildman–Crippen MR) is 149 cm³/mol. The lowest BCUT2D eigenvalue weighted by Gasteiger charge is -2.19. The Balaban J connectivity index is 1.67. The number of benzene rings is 1. The second kappa shape index (κ2) is 11.1. The second-order valence-corrected chi connectivity index (χ2v) is 12.1. The Labute approximate surface area is 231 Å². The normalized spacial score (nSPS) is 11.8. The Bertz CT molecular complexity index is 1620. The van der Waals surface area contributed by atoms with Gasteiger partial charge in [-0.05, 0) is 50.5 Å². The quantitative estimate of drug-likeness (QED) is 0.195. The van der Waals surface area contributed by atoms with Gasteiger partial charge in [-0.2, -0.15) is 0 Å². The Kier molecular flexibility index (Phi) is 8.03. The van der Waals surface area contributed by atoms with Gasteiger partial charge in [0, 0.05) is 28.2 Å². The van der Waals surface area contributed by atoms with Gasteiger partial charge >= 0.3 is 12.1 Å². The molecular formula is C26H26BN3O7S2. The summed E-state index contributed by atoms with van der Waals surface area (Å²) in [6.45, 7) is 5.35. The third kappa shape index (κ3) is 5.94. The van der Waals surface area contributed by atoms with Gasteiger partial charge in [-0.15, -0.1) is 11.3 Å². The number of carbonyl (C=O) groups is 2. The van der Waals surface area contributed by atoms with Crippen LogP contribution in [0.1, 0.15) is 30.4 Å². The van der Waals surface area contributed by atoms with Gasteiger partial charge < -0.3 is 19.5 Å². The first kappa shape index (κ1) is 28.2. The molecule has 1 N–H and O–H groups in total. The van der Waals surface area contributed by atoms with Crippen LogP contribution in [-0.4, -0.2) is 63.1 Å². The van der Waals surface area contributed by atoms with Crippen LogP contribution in [0.15, 0.2) is 59.8 Å². The Morgan fingerprint density at radius 1 is 1.13 bits per heavy atom. The summed E-state index contributed by atoms with van der Waals surface area (Å²) in [6, 6.07) is 11.3. The number of aromatic nitrogens is 2. The molecule has 0 bridgehead atoms. The number of nitrogens with one attached hydrogen (secondary N) is 1. The molecule has 0 saturated carbocycles. The van der Waals surface area contributed by atoms with E-state index in [9.17, 15) is 18.0 Å². The van der Waals surface area contributed by atoms with E-state index in [1.54, 1.807) is 51.1 Å². The molecule has 39 heavy (non-hydrogen) atoms. The third-order valence-electron chi connectivity index (χ3n) is 5.39. The van der Waals surface area contributed by atoms with Crippen molar-refractivity contribution in [3.8, 4) is 16.2 Å². The fourth-order valence-electron chi connectivity index (χ4n) is 3.73. The number of alkyl carbamates (subject to hydrolysis) is 1. The van der Waals surface area contributed by atoms with E-state index in [4.69, 9.17) is 22.1 Å². The lowest BCUT2D eigenvalue weighted by molar-refractivity contribution is 0.0516. The van der Waals surface area contributed by atoms with Crippen LogP contribution in [-0.2, 0) is 19.5 Å². The molecule has 2 radical (unpaired) electrons. The second-order valence-electron chi connectivity index (χ2n) is 9.30. The molecule has 202 valence electrons. The summed E-state index contributed by atoms with van der Waals surface area (Å²) < 4.78 is 43.5. The molecule has 0 aliphatic carbocycles. The topological polar surface area (TPSA) is 126 Å². The molecule has 4 rings (SSSR count). The van der Waals surface area contributed by atoms with Crippen LogP contribution in [0.5, 0.6) is 5.75 Å². The van der Waals surface area contributed by atoms with Crippen LogP contribution < -0.4 is 15.5 Å². The van der Waals surface area contributed by atoms with E-state index in [2.05, 4.69) is 10.3 Å². The first-order chi connectivity index (χ1) is 18.4. The van der Waals surface area contributed by atoms with Crippen LogP contribution in [0, 0.1) is 0 Å². The van der Waals surface area contributed by atoms with Crippen LogP contribution in [0.3, 0.4) is 0 Å². The number of ether oxygens (including phenoxy) is 3. The van der Waals surface area contributed by atoms with Gasteiger partial charge in [0.15, 0.2) is 10.5 Å². The average Bonchev–Trinajstić information content (AvgIpc) is 3.47. The largest absolute Gasteiger partial charge is 0.491 e. The number of nitrogens with zero attached hydrogens (tertiary/aromatic N) is 2. The number of carbonyl (C=O) groups excluding carboxylic acids is 2. The molecule has 1 amide bonds. The Hall–Kier alpha value is -3.84. The molecule has 0 saturated heterocycles. The van der Waals surface area contributed by atoms with Gasteiger partial charge in [0.25, 0.3) is 10.0 Å². The summed E-state index contributed by atoms with van der Waals surface area (Å²) >= 11 is 1.05. The van der Waals surface area contributed by atoms with Crippen molar-refractivity contribution in [1.82, 2.24) is 14.3 Å². The van der Waals surface area contributed by atoms with E-state index < -0.39 is 27.7 Å². The first-order valence-electron chi connectivity index (χ1n) is 11.8. The van der Waals surface area contributed by atoms with Crippen molar-refractivity contribution in [2.24, 2.45) is 0 Å². The lowest BCUT2D eigenvalue weighted by atomic mass is 9.92. The molecule has 1 aromatic carbocycles. The summed E-state index contributed by atoms with van der Waals surface area (Å²) in [5.41, 5.74) is 0.290. The Morgan fingerprint density at radius 2 is 1.85 bits per heavy atom. The minimum atomic E-state index is -3.90. The number of hydrogen-bond donors (Lipinski definition) is 1. The van der Waals surface area contributed by atoms with Crippen molar-refractivity contribution in [1.29, 1.82) is 0 Å². The number of fused-ring (bicyclic) bond motifs is 1. The van der Waals surface area contributed by atoms with Crippen LogP contribution >= 0.6 is 11.3 Å². The minimum Gasteiger partial charge on any atom is -0.491 e. The maximum Gasteiger partial charge on any atom is 0.407 e. The zero-order chi connectivity index (χ0) is 28.4. The van der Waals surface area contributed by atoms with Crippen LogP contribution in [0.25, 0.3) is 21.5 Å². The van der Waals surface area contributed by atoms with Gasteiger partial charge in [0.2, 0.25) is 0 Å². The lowest BCUT2D eigenvalue weighted by Crippen LogP contribution is -2.34. The van der Waals surface area contributed by atoms with E-state index in [0.29, 0.717) is 15.8 Å². The van der Waals surface area contributed by atoms with Crippen molar-refractivity contribution in [2.75, 3.05) is 20.3 Å². The van der Waals surface area contributed by atoms with Gasteiger partial charge in [-0.3, -0.25) is 0 Å². The fraction of sp³-hybridized carbons (Fsp3) is 0.269. The number of thiophene rings is 1. The fourth-order valence-corrected chi connectivity index (χ4v) is 6.18. The molecule has 4 aromatic rings. The van der Waals surface area contributed by atoms with Crippen LogP contribution in [0.4, 0.5) is 4.79 Å². The molecule has 0 spiro atoms. The monoisotopic (exact) mass is 567 g/mol. The summed E-state index contributed by atoms with van der Waals surface area (Å²) in [5.74, 6) is -0.545. The highest BCUT2D eigenvalue weighted by atomic mass is 32.2. The van der Waals surface area contributed by atoms with Crippen molar-refractivity contribution in [2.45, 2.75) is 31.3 Å². The summed E-state index contributed by atoms with van der Waals surface area (Å²) in [6.07, 6.45) is 2.29. The Morgan fingerprint density at radius 3 is 2.51 bits per heavy atom. The number of pyridine rings is 1. The number of rotatable bonds is 8. The maximum absolute atomic E-state index is 13.3. The summed E-state index contributed by atoms with van der Waals surface area (Å²) in [7, 11) is 3.79. The first-order valence-corrected chi connectivity index (χ1v) is 14.1. The van der Waals surface area contributed by atoms with E-state index >= 15 is 0 Å². The summed E-state index contributed by atoms with van der Waals surface area (Å²) in [4.78, 5) is 29.5. The summed E-state index contributed by atoms with van der Waals surface area (Å²) in [5, 5.41) is 3.09. The molecule has 0 fully saturated rings. The zero-order valence-electron chi connectivity index (χ0n) is 21.8. The minimum absolute atomic E-state index is 0.00105. The van der Waals surface area contributed by atoms with E-state index in [1.165, 1.54) is 31.6 Å². The smallest absolute Gasteiger partial charge is 0.407 e. The van der Waals surface area contributed by atoms with E-state index in [0.717, 1.165) is 15.3 Å². The van der Waals surface area contributed by atoms with Gasteiger partial charge in [0.05, 0.1) is 18.6 Å². The molecular weight excluding hydrogens is 541 g/mol. The standard InChI is InChI=1S/C26H26BN3O7S2/c1-26(2,3)37-25(32)29-13-15-36-20-19(27)21(38-22(20)24(31)35-4)17-10-12-28-23-18(17)11-14-30(23)39(33,34)16-8-6-5-7-9-16/h5-12,14H,13,15H2,1-4H3,(H,29,32). The molecule has 0 unspecified atom stereocenters. The van der Waals surface area contributed by atoms with Gasteiger partial charge in [-0.25, -0.2) is 27.0 Å². The molecule has 13 heteroatoms. The molecule has 0 aliphatic heterocycles. The van der Waals surface area contributed by atoms with E-state index in [1.807, 2.05) is 0 Å².